The quantitative estimate of drug-likeness (QED) is 0.849. The van der Waals surface area contributed by atoms with Crippen LogP contribution in [-0.2, 0) is 5.41 Å². The zero-order valence-corrected chi connectivity index (χ0v) is 11.8. The maximum Gasteiger partial charge on any atom is 0.164 e. The van der Waals surface area contributed by atoms with E-state index in [1.165, 1.54) is 12.8 Å². The van der Waals surface area contributed by atoms with Gasteiger partial charge >= 0.3 is 0 Å². The van der Waals surface area contributed by atoms with Crippen molar-refractivity contribution in [3.8, 4) is 0 Å². The highest BCUT2D eigenvalue weighted by molar-refractivity contribution is 5.41. The second-order valence-electron chi connectivity index (χ2n) is 5.93. The molecule has 0 aromatic carbocycles. The minimum Gasteiger partial charge on any atom is -0.327 e. The largest absolute Gasteiger partial charge is 0.327 e. The van der Waals surface area contributed by atoms with Gasteiger partial charge < -0.3 is 5.73 Å². The van der Waals surface area contributed by atoms with Crippen LogP contribution in [0.4, 0.5) is 0 Å². The van der Waals surface area contributed by atoms with Crippen molar-refractivity contribution in [3.05, 3.63) is 23.4 Å². The van der Waals surface area contributed by atoms with E-state index < -0.39 is 0 Å². The van der Waals surface area contributed by atoms with Gasteiger partial charge in [0.05, 0.1) is 0 Å². The Hall–Kier alpha value is -1.49. The highest BCUT2D eigenvalue weighted by atomic mass is 15.3. The van der Waals surface area contributed by atoms with Crippen molar-refractivity contribution in [1.82, 2.24) is 19.6 Å². The molecule has 0 aliphatic heterocycles. The molecule has 3 rings (SSSR count). The molecule has 0 amide bonds. The lowest BCUT2D eigenvalue weighted by Gasteiger charge is -2.38. The van der Waals surface area contributed by atoms with Gasteiger partial charge in [0.2, 0.25) is 0 Å². The lowest BCUT2D eigenvalue weighted by Crippen LogP contribution is -2.46. The predicted octanol–water partition coefficient (Wildman–Crippen LogP) is 1.90. The molecule has 2 atom stereocenters. The van der Waals surface area contributed by atoms with E-state index in [9.17, 15) is 0 Å². The molecule has 1 fully saturated rings. The second-order valence-corrected chi connectivity index (χ2v) is 5.93. The summed E-state index contributed by atoms with van der Waals surface area (Å²) >= 11 is 0. The lowest BCUT2D eigenvalue weighted by molar-refractivity contribution is 0.256. The number of fused-ring (bicyclic) bond motifs is 1. The summed E-state index contributed by atoms with van der Waals surface area (Å²) in [7, 11) is 0. The molecule has 5 heteroatoms. The van der Waals surface area contributed by atoms with E-state index in [0.717, 1.165) is 35.8 Å². The average molecular weight is 259 g/mol. The summed E-state index contributed by atoms with van der Waals surface area (Å²) in [5.74, 6) is 1.91. The number of nitrogens with zero attached hydrogens (tertiary/aromatic N) is 4. The first-order chi connectivity index (χ1) is 9.02. The van der Waals surface area contributed by atoms with Gasteiger partial charge in [-0.2, -0.15) is 0 Å². The Balaban J connectivity index is 2.20. The Bertz CT molecular complexity index is 618. The fourth-order valence-electron chi connectivity index (χ4n) is 3.24. The molecule has 1 aliphatic carbocycles. The molecule has 2 N–H and O–H groups in total. The van der Waals surface area contributed by atoms with E-state index in [1.807, 2.05) is 19.9 Å². The Kier molecular flexibility index (Phi) is 2.82. The first-order valence-corrected chi connectivity index (χ1v) is 6.98. The normalized spacial score (nSPS) is 27.9. The third kappa shape index (κ3) is 1.84. The molecular formula is C14H21N5. The Labute approximate surface area is 113 Å². The smallest absolute Gasteiger partial charge is 0.164 e. The van der Waals surface area contributed by atoms with E-state index in [-0.39, 0.29) is 11.5 Å². The van der Waals surface area contributed by atoms with Crippen LogP contribution in [0.2, 0.25) is 0 Å². The Morgan fingerprint density at radius 1 is 1.32 bits per heavy atom. The molecule has 2 unspecified atom stereocenters. The molecule has 5 nitrogen and oxygen atoms in total. The highest BCUT2D eigenvalue weighted by Crippen LogP contribution is 2.37. The number of hydrogen-bond donors (Lipinski definition) is 1. The van der Waals surface area contributed by atoms with Crippen molar-refractivity contribution in [2.75, 3.05) is 0 Å². The first kappa shape index (κ1) is 12.5. The third-order valence-corrected chi connectivity index (χ3v) is 4.48. The summed E-state index contributed by atoms with van der Waals surface area (Å²) in [6.45, 7) is 6.20. The molecule has 1 aliphatic rings. The monoisotopic (exact) mass is 259 g/mol. The molecule has 0 radical (unpaired) electrons. The van der Waals surface area contributed by atoms with E-state index in [0.29, 0.717) is 0 Å². The topological polar surface area (TPSA) is 69.1 Å². The summed E-state index contributed by atoms with van der Waals surface area (Å²) < 4.78 is 2.07. The van der Waals surface area contributed by atoms with Crippen LogP contribution >= 0.6 is 0 Å². The summed E-state index contributed by atoms with van der Waals surface area (Å²) in [6.07, 6.45) is 4.55. The van der Waals surface area contributed by atoms with Gasteiger partial charge in [-0.05, 0) is 26.7 Å². The summed E-state index contributed by atoms with van der Waals surface area (Å²) in [4.78, 5) is 4.53. The molecular weight excluding hydrogens is 238 g/mol. The van der Waals surface area contributed by atoms with Gasteiger partial charge in [0.15, 0.2) is 5.65 Å². The lowest BCUT2D eigenvalue weighted by atomic mass is 9.71. The second kappa shape index (κ2) is 4.27. The van der Waals surface area contributed by atoms with Gasteiger partial charge in [0.1, 0.15) is 11.6 Å². The van der Waals surface area contributed by atoms with Crippen molar-refractivity contribution in [3.63, 3.8) is 0 Å². The number of nitrogens with two attached hydrogens (primary N) is 1. The van der Waals surface area contributed by atoms with E-state index in [2.05, 4.69) is 26.5 Å². The standard InChI is InChI=1S/C14H21N5/c1-9-8-12-17-18-13(19(12)10(2)16-9)14(3)7-5-4-6-11(14)15/h8,11H,4-7,15H2,1-3H3. The fraction of sp³-hybridized carbons (Fsp3) is 0.643. The minimum atomic E-state index is -0.0979. The van der Waals surface area contributed by atoms with Crippen molar-refractivity contribution in [2.24, 2.45) is 5.73 Å². The predicted molar refractivity (Wildman–Crippen MR) is 74.1 cm³/mol. The highest BCUT2D eigenvalue weighted by Gasteiger charge is 2.40. The van der Waals surface area contributed by atoms with Crippen molar-refractivity contribution in [1.29, 1.82) is 0 Å². The van der Waals surface area contributed by atoms with Crippen LogP contribution in [0.5, 0.6) is 0 Å². The van der Waals surface area contributed by atoms with Crippen LogP contribution in [0.25, 0.3) is 5.65 Å². The molecule has 2 aromatic rings. The van der Waals surface area contributed by atoms with Gasteiger partial charge in [-0.1, -0.05) is 19.8 Å². The molecule has 1 saturated carbocycles. The number of aryl methyl sites for hydroxylation is 2. The molecule has 2 heterocycles. The Morgan fingerprint density at radius 2 is 2.11 bits per heavy atom. The average Bonchev–Trinajstić information content (AvgIpc) is 2.77. The number of hydrogen-bond acceptors (Lipinski definition) is 4. The SMILES string of the molecule is Cc1cc2nnc(C3(C)CCCCC3N)n2c(C)n1. The van der Waals surface area contributed by atoms with Crippen molar-refractivity contribution in [2.45, 2.75) is 57.9 Å². The maximum absolute atomic E-state index is 6.37. The Morgan fingerprint density at radius 3 is 2.84 bits per heavy atom. The van der Waals surface area contributed by atoms with Crippen molar-refractivity contribution >= 4 is 5.65 Å². The van der Waals surface area contributed by atoms with Gasteiger partial charge in [-0.25, -0.2) is 4.98 Å². The van der Waals surface area contributed by atoms with Gasteiger partial charge in [-0.3, -0.25) is 4.40 Å². The van der Waals surface area contributed by atoms with Crippen LogP contribution < -0.4 is 5.73 Å². The van der Waals surface area contributed by atoms with Crippen molar-refractivity contribution < 1.29 is 0 Å². The molecule has 2 aromatic heterocycles. The molecule has 102 valence electrons. The van der Waals surface area contributed by atoms with Crippen LogP contribution in [0.1, 0.15) is 49.9 Å². The summed E-state index contributed by atoms with van der Waals surface area (Å²) in [6, 6.07) is 2.12. The van der Waals surface area contributed by atoms with Gasteiger partial charge in [-0.15, -0.1) is 10.2 Å². The summed E-state index contributed by atoms with van der Waals surface area (Å²) in [5, 5.41) is 8.75. The summed E-state index contributed by atoms with van der Waals surface area (Å²) in [5.41, 5.74) is 8.12. The van der Waals surface area contributed by atoms with Gasteiger partial charge in [0.25, 0.3) is 0 Å². The third-order valence-electron chi connectivity index (χ3n) is 4.48. The zero-order chi connectivity index (χ0) is 13.6. The zero-order valence-electron chi connectivity index (χ0n) is 11.8. The van der Waals surface area contributed by atoms with E-state index in [4.69, 9.17) is 5.73 Å². The van der Waals surface area contributed by atoms with E-state index in [1.54, 1.807) is 0 Å². The molecule has 0 bridgehead atoms. The van der Waals surface area contributed by atoms with E-state index >= 15 is 0 Å². The fourth-order valence-corrected chi connectivity index (χ4v) is 3.24. The van der Waals surface area contributed by atoms with Crippen LogP contribution in [0, 0.1) is 13.8 Å². The molecule has 0 spiro atoms. The van der Waals surface area contributed by atoms with Crippen LogP contribution in [0.3, 0.4) is 0 Å². The van der Waals surface area contributed by atoms with Gasteiger partial charge in [0, 0.05) is 23.2 Å². The molecule has 19 heavy (non-hydrogen) atoms. The minimum absolute atomic E-state index is 0.0979. The number of rotatable bonds is 1. The maximum atomic E-state index is 6.37. The number of aromatic nitrogens is 4. The van der Waals surface area contributed by atoms with Crippen LogP contribution in [0.15, 0.2) is 6.07 Å². The van der Waals surface area contributed by atoms with Crippen LogP contribution in [-0.4, -0.2) is 25.6 Å². The molecule has 0 saturated heterocycles. The first-order valence-electron chi connectivity index (χ1n) is 6.98.